The van der Waals surface area contributed by atoms with Crippen LogP contribution in [-0.2, 0) is 0 Å². The van der Waals surface area contributed by atoms with E-state index in [0.717, 1.165) is 18.2 Å². The number of hydrogen-bond donors (Lipinski definition) is 1. The number of ether oxygens (including phenoxy) is 1. The van der Waals surface area contributed by atoms with Gasteiger partial charge in [0.05, 0.1) is 0 Å². The standard InChI is InChI=1S/C15H15BrF2N2O/c1-3-19-9(2)10-4-5-14(20-8-10)21-13-7-11(16)6-12(17)15(13)18/h4-9,19H,3H2,1-2H3. The second-order valence-electron chi connectivity index (χ2n) is 4.51. The van der Waals surface area contributed by atoms with E-state index in [1.54, 1.807) is 12.3 Å². The minimum Gasteiger partial charge on any atom is -0.436 e. The summed E-state index contributed by atoms with van der Waals surface area (Å²) in [4.78, 5) is 4.11. The zero-order valence-electron chi connectivity index (χ0n) is 11.7. The van der Waals surface area contributed by atoms with Crippen LogP contribution >= 0.6 is 15.9 Å². The number of nitrogens with one attached hydrogen (secondary N) is 1. The SMILES string of the molecule is CCNC(C)c1ccc(Oc2cc(Br)cc(F)c2F)nc1. The first-order valence-corrected chi connectivity index (χ1v) is 7.32. The second-order valence-corrected chi connectivity index (χ2v) is 5.43. The highest BCUT2D eigenvalue weighted by Crippen LogP contribution is 2.29. The summed E-state index contributed by atoms with van der Waals surface area (Å²) >= 11 is 3.09. The summed E-state index contributed by atoms with van der Waals surface area (Å²) in [5.41, 5.74) is 0.991. The third-order valence-corrected chi connectivity index (χ3v) is 3.40. The number of pyridine rings is 1. The van der Waals surface area contributed by atoms with Crippen LogP contribution in [0, 0.1) is 11.6 Å². The summed E-state index contributed by atoms with van der Waals surface area (Å²) in [7, 11) is 0. The van der Waals surface area contributed by atoms with Crippen LogP contribution in [0.15, 0.2) is 34.9 Å². The van der Waals surface area contributed by atoms with Crippen LogP contribution in [0.5, 0.6) is 11.6 Å². The van der Waals surface area contributed by atoms with Crippen LogP contribution in [-0.4, -0.2) is 11.5 Å². The first-order chi connectivity index (χ1) is 10.0. The first kappa shape index (κ1) is 15.9. The molecular weight excluding hydrogens is 342 g/mol. The molecule has 0 fully saturated rings. The lowest BCUT2D eigenvalue weighted by atomic mass is 10.1. The summed E-state index contributed by atoms with van der Waals surface area (Å²) in [6, 6.07) is 6.02. The smallest absolute Gasteiger partial charge is 0.219 e. The van der Waals surface area contributed by atoms with Crippen molar-refractivity contribution in [3.8, 4) is 11.6 Å². The molecule has 2 rings (SSSR count). The van der Waals surface area contributed by atoms with E-state index in [0.29, 0.717) is 4.47 Å². The van der Waals surface area contributed by atoms with Crippen LogP contribution in [0.1, 0.15) is 25.5 Å². The van der Waals surface area contributed by atoms with Gasteiger partial charge in [-0.25, -0.2) is 9.37 Å². The number of nitrogens with zero attached hydrogens (tertiary/aromatic N) is 1. The fourth-order valence-corrected chi connectivity index (χ4v) is 2.26. The van der Waals surface area contributed by atoms with Crippen LogP contribution in [0.25, 0.3) is 0 Å². The fraction of sp³-hybridized carbons (Fsp3) is 0.267. The van der Waals surface area contributed by atoms with Crippen molar-refractivity contribution in [2.75, 3.05) is 6.54 Å². The minimum atomic E-state index is -1.04. The van der Waals surface area contributed by atoms with Gasteiger partial charge >= 0.3 is 0 Å². The zero-order valence-corrected chi connectivity index (χ0v) is 13.2. The Labute approximate surface area is 130 Å². The molecule has 21 heavy (non-hydrogen) atoms. The monoisotopic (exact) mass is 356 g/mol. The maximum absolute atomic E-state index is 13.6. The van der Waals surface area contributed by atoms with E-state index in [1.165, 1.54) is 6.07 Å². The van der Waals surface area contributed by atoms with Crippen molar-refractivity contribution < 1.29 is 13.5 Å². The quantitative estimate of drug-likeness (QED) is 0.795. The number of rotatable bonds is 5. The van der Waals surface area contributed by atoms with Crippen molar-refractivity contribution in [2.24, 2.45) is 0 Å². The normalized spacial score (nSPS) is 12.2. The molecule has 0 bridgehead atoms. The molecule has 0 aliphatic rings. The molecule has 1 unspecified atom stereocenters. The average Bonchev–Trinajstić information content (AvgIpc) is 2.45. The van der Waals surface area contributed by atoms with E-state index in [-0.39, 0.29) is 17.7 Å². The molecule has 0 aliphatic heterocycles. The number of aromatic nitrogens is 1. The molecule has 0 saturated carbocycles. The lowest BCUT2D eigenvalue weighted by Gasteiger charge is -2.13. The Hall–Kier alpha value is -1.53. The molecule has 1 atom stereocenters. The third-order valence-electron chi connectivity index (χ3n) is 2.94. The second kappa shape index (κ2) is 6.95. The predicted octanol–water partition coefficient (Wildman–Crippen LogP) is 4.59. The first-order valence-electron chi connectivity index (χ1n) is 6.53. The summed E-state index contributed by atoms with van der Waals surface area (Å²) in [6.45, 7) is 4.89. The molecule has 1 aromatic carbocycles. The van der Waals surface area contributed by atoms with Gasteiger partial charge in [0, 0.05) is 22.8 Å². The van der Waals surface area contributed by atoms with Gasteiger partial charge in [-0.3, -0.25) is 0 Å². The summed E-state index contributed by atoms with van der Waals surface area (Å²) in [5.74, 6) is -2.01. The maximum atomic E-state index is 13.6. The van der Waals surface area contributed by atoms with E-state index in [9.17, 15) is 8.78 Å². The number of hydrogen-bond acceptors (Lipinski definition) is 3. The molecule has 112 valence electrons. The van der Waals surface area contributed by atoms with Gasteiger partial charge in [-0.05, 0) is 31.2 Å². The molecule has 0 radical (unpaired) electrons. The van der Waals surface area contributed by atoms with Crippen molar-refractivity contribution >= 4 is 15.9 Å². The largest absolute Gasteiger partial charge is 0.436 e. The van der Waals surface area contributed by atoms with Crippen molar-refractivity contribution in [1.29, 1.82) is 0 Å². The topological polar surface area (TPSA) is 34.1 Å². The van der Waals surface area contributed by atoms with E-state index >= 15 is 0 Å². The molecule has 1 N–H and O–H groups in total. The van der Waals surface area contributed by atoms with E-state index in [4.69, 9.17) is 4.74 Å². The number of benzene rings is 1. The molecule has 1 heterocycles. The van der Waals surface area contributed by atoms with Gasteiger partial charge in [0.25, 0.3) is 0 Å². The summed E-state index contributed by atoms with van der Waals surface area (Å²) < 4.78 is 32.6. The third kappa shape index (κ3) is 3.98. The fourth-order valence-electron chi connectivity index (χ4n) is 1.85. The summed E-state index contributed by atoms with van der Waals surface area (Å²) in [6.07, 6.45) is 1.65. The van der Waals surface area contributed by atoms with E-state index in [2.05, 4.69) is 26.2 Å². The highest BCUT2D eigenvalue weighted by atomic mass is 79.9. The molecule has 0 saturated heterocycles. The van der Waals surface area contributed by atoms with Crippen LogP contribution in [0.4, 0.5) is 8.78 Å². The maximum Gasteiger partial charge on any atom is 0.219 e. The number of halogens is 3. The lowest BCUT2D eigenvalue weighted by Crippen LogP contribution is -2.17. The van der Waals surface area contributed by atoms with Gasteiger partial charge in [0.1, 0.15) is 0 Å². The zero-order chi connectivity index (χ0) is 15.4. The van der Waals surface area contributed by atoms with Gasteiger partial charge in [0.15, 0.2) is 11.6 Å². The van der Waals surface area contributed by atoms with Gasteiger partial charge in [-0.1, -0.05) is 28.9 Å². The molecule has 0 aliphatic carbocycles. The average molecular weight is 357 g/mol. The van der Waals surface area contributed by atoms with Crippen LogP contribution in [0.2, 0.25) is 0 Å². The van der Waals surface area contributed by atoms with E-state index < -0.39 is 11.6 Å². The van der Waals surface area contributed by atoms with Gasteiger partial charge in [-0.2, -0.15) is 4.39 Å². The van der Waals surface area contributed by atoms with Crippen molar-refractivity contribution in [2.45, 2.75) is 19.9 Å². The molecule has 2 aromatic rings. The van der Waals surface area contributed by atoms with Crippen molar-refractivity contribution in [1.82, 2.24) is 10.3 Å². The highest BCUT2D eigenvalue weighted by Gasteiger charge is 2.13. The van der Waals surface area contributed by atoms with Crippen LogP contribution < -0.4 is 10.1 Å². The van der Waals surface area contributed by atoms with Gasteiger partial charge in [-0.15, -0.1) is 0 Å². The van der Waals surface area contributed by atoms with Gasteiger partial charge < -0.3 is 10.1 Å². The highest BCUT2D eigenvalue weighted by molar-refractivity contribution is 9.10. The van der Waals surface area contributed by atoms with Crippen molar-refractivity contribution in [3.63, 3.8) is 0 Å². The Morgan fingerprint density at radius 3 is 2.71 bits per heavy atom. The molecule has 6 heteroatoms. The van der Waals surface area contributed by atoms with Crippen molar-refractivity contribution in [3.05, 3.63) is 52.1 Å². The molecule has 0 amide bonds. The Morgan fingerprint density at radius 2 is 2.10 bits per heavy atom. The molecule has 0 spiro atoms. The Morgan fingerprint density at radius 1 is 1.33 bits per heavy atom. The molecule has 1 aromatic heterocycles. The predicted molar refractivity (Wildman–Crippen MR) is 80.5 cm³/mol. The molecular formula is C15H15BrF2N2O. The van der Waals surface area contributed by atoms with Gasteiger partial charge in [0.2, 0.25) is 11.7 Å². The lowest BCUT2D eigenvalue weighted by molar-refractivity contribution is 0.404. The Kier molecular flexibility index (Phi) is 5.25. The Bertz CT molecular complexity index is 620. The Balaban J connectivity index is 2.17. The summed E-state index contributed by atoms with van der Waals surface area (Å²) in [5, 5.41) is 3.26. The van der Waals surface area contributed by atoms with Crippen LogP contribution in [0.3, 0.4) is 0 Å². The minimum absolute atomic E-state index is 0.164. The molecule has 3 nitrogen and oxygen atoms in total. The van der Waals surface area contributed by atoms with E-state index in [1.807, 2.05) is 19.9 Å².